The summed E-state index contributed by atoms with van der Waals surface area (Å²) in [7, 11) is 2.30. The number of rotatable bonds is 7. The zero-order valence-electron chi connectivity index (χ0n) is 11.2. The minimum atomic E-state index is -2.52. The van der Waals surface area contributed by atoms with Crippen LogP contribution in [0.2, 0.25) is 6.04 Å². The van der Waals surface area contributed by atoms with E-state index in [0.717, 1.165) is 11.3 Å². The average molecular weight is 267 g/mol. The Bertz CT molecular complexity index is 369. The molecule has 0 atom stereocenters. The second-order valence-corrected chi connectivity index (χ2v) is 7.02. The molecule has 1 aromatic rings. The molecule has 100 valence electrons. The fraction of sp³-hybridized carbons (Fsp3) is 0.385. The summed E-state index contributed by atoms with van der Waals surface area (Å²) in [4.78, 5) is 0. The molecule has 0 fully saturated rings. The lowest BCUT2D eigenvalue weighted by Gasteiger charge is -2.24. The molecule has 5 heteroatoms. The Hall–Kier alpha value is -1.14. The highest BCUT2D eigenvalue weighted by Crippen LogP contribution is 2.18. The van der Waals surface area contributed by atoms with Crippen molar-refractivity contribution >= 4 is 14.9 Å². The Labute approximate surface area is 110 Å². The summed E-state index contributed by atoms with van der Waals surface area (Å²) in [5.41, 5.74) is 7.88. The highest BCUT2D eigenvalue weighted by Gasteiger charge is 2.37. The molecule has 1 aromatic carbocycles. The molecule has 2 N–H and O–H groups in total. The number of allylic oxidation sites excluding steroid dienone is 1. The lowest BCUT2D eigenvalue weighted by Crippen LogP contribution is -2.42. The van der Waals surface area contributed by atoms with Crippen LogP contribution in [0.1, 0.15) is 12.0 Å². The Morgan fingerprint density at radius 1 is 1.11 bits per heavy atom. The van der Waals surface area contributed by atoms with Gasteiger partial charge in [-0.15, -0.1) is 0 Å². The van der Waals surface area contributed by atoms with Crippen molar-refractivity contribution in [3.8, 4) is 0 Å². The Morgan fingerprint density at radius 2 is 1.67 bits per heavy atom. The lowest BCUT2D eigenvalue weighted by atomic mass is 10.2. The Balaban J connectivity index is 2.60. The topological polar surface area (TPSA) is 53.7 Å². The lowest BCUT2D eigenvalue weighted by molar-refractivity contribution is 0.123. The van der Waals surface area contributed by atoms with E-state index >= 15 is 0 Å². The van der Waals surface area contributed by atoms with E-state index in [-0.39, 0.29) is 0 Å². The maximum atomic E-state index is 5.99. The first-order chi connectivity index (χ1) is 8.65. The summed E-state index contributed by atoms with van der Waals surface area (Å²) in [5.74, 6) is 0. The Morgan fingerprint density at radius 3 is 2.17 bits per heavy atom. The van der Waals surface area contributed by atoms with Gasteiger partial charge in [-0.05, 0) is 18.1 Å². The van der Waals surface area contributed by atoms with E-state index in [0.29, 0.717) is 12.5 Å². The van der Waals surface area contributed by atoms with Gasteiger partial charge in [0.1, 0.15) is 0 Å². The van der Waals surface area contributed by atoms with Crippen molar-refractivity contribution in [1.29, 1.82) is 0 Å². The number of hydrogen-bond acceptors (Lipinski definition) is 4. The van der Waals surface area contributed by atoms with Crippen molar-refractivity contribution in [3.05, 3.63) is 41.6 Å². The van der Waals surface area contributed by atoms with Crippen molar-refractivity contribution < 1.29 is 13.3 Å². The minimum Gasteiger partial charge on any atom is -0.402 e. The van der Waals surface area contributed by atoms with Crippen LogP contribution in [0.15, 0.2) is 36.0 Å². The molecule has 0 radical (unpaired) electrons. The van der Waals surface area contributed by atoms with Gasteiger partial charge in [-0.1, -0.05) is 30.3 Å². The summed E-state index contributed by atoms with van der Waals surface area (Å²) < 4.78 is 16.0. The molecule has 0 aliphatic carbocycles. The van der Waals surface area contributed by atoms with Gasteiger partial charge in [-0.2, -0.15) is 0 Å². The van der Waals surface area contributed by atoms with Crippen LogP contribution in [0.3, 0.4) is 0 Å². The maximum Gasteiger partial charge on any atom is 0.500 e. The smallest absolute Gasteiger partial charge is 0.402 e. The number of benzene rings is 1. The van der Waals surface area contributed by atoms with Gasteiger partial charge in [0.2, 0.25) is 0 Å². The SMILES string of the molecule is CO[Si](CCC(N)=Cc1ccccc1)(OC)OC. The fourth-order valence-electron chi connectivity index (χ4n) is 1.69. The summed E-state index contributed by atoms with van der Waals surface area (Å²) in [6, 6.07) is 10.6. The molecule has 0 unspecified atom stereocenters. The van der Waals surface area contributed by atoms with Crippen LogP contribution < -0.4 is 5.73 Å². The van der Waals surface area contributed by atoms with E-state index in [1.54, 1.807) is 21.3 Å². The molecule has 0 spiro atoms. The molecule has 0 aliphatic heterocycles. The van der Waals surface area contributed by atoms with Crippen LogP contribution in [0.4, 0.5) is 0 Å². The first-order valence-electron chi connectivity index (χ1n) is 5.82. The van der Waals surface area contributed by atoms with E-state index < -0.39 is 8.80 Å². The molecule has 4 nitrogen and oxygen atoms in total. The molecule has 0 aromatic heterocycles. The molecule has 1 rings (SSSR count). The number of nitrogens with two attached hydrogens (primary N) is 1. The van der Waals surface area contributed by atoms with Crippen LogP contribution in [0, 0.1) is 0 Å². The van der Waals surface area contributed by atoms with Crippen molar-refractivity contribution in [2.45, 2.75) is 12.5 Å². The van der Waals surface area contributed by atoms with Crippen LogP contribution in [0.25, 0.3) is 6.08 Å². The van der Waals surface area contributed by atoms with Gasteiger partial charge in [0, 0.05) is 33.1 Å². The predicted molar refractivity (Wildman–Crippen MR) is 74.8 cm³/mol. The van der Waals surface area contributed by atoms with Crippen molar-refractivity contribution in [1.82, 2.24) is 0 Å². The first kappa shape index (κ1) is 14.9. The fourth-order valence-corrected chi connectivity index (χ4v) is 3.40. The monoisotopic (exact) mass is 267 g/mol. The van der Waals surface area contributed by atoms with Gasteiger partial charge in [-0.25, -0.2) is 0 Å². The summed E-state index contributed by atoms with van der Waals surface area (Å²) in [6.07, 6.45) is 2.65. The Kier molecular flexibility index (Phi) is 6.07. The van der Waals surface area contributed by atoms with E-state index in [4.69, 9.17) is 19.0 Å². The molecule has 18 heavy (non-hydrogen) atoms. The van der Waals surface area contributed by atoms with E-state index in [1.807, 2.05) is 36.4 Å². The van der Waals surface area contributed by atoms with Crippen molar-refractivity contribution in [3.63, 3.8) is 0 Å². The number of hydrogen-bond donors (Lipinski definition) is 1. The second kappa shape index (κ2) is 7.33. The van der Waals surface area contributed by atoms with Gasteiger partial charge in [0.25, 0.3) is 0 Å². The normalized spacial score (nSPS) is 12.7. The van der Waals surface area contributed by atoms with Gasteiger partial charge in [-0.3, -0.25) is 0 Å². The predicted octanol–water partition coefficient (Wildman–Crippen LogP) is 2.25. The molecular weight excluding hydrogens is 246 g/mol. The van der Waals surface area contributed by atoms with Gasteiger partial charge in [0.05, 0.1) is 0 Å². The summed E-state index contributed by atoms with van der Waals surface area (Å²) in [6.45, 7) is 0. The van der Waals surface area contributed by atoms with Crippen LogP contribution in [-0.4, -0.2) is 30.1 Å². The van der Waals surface area contributed by atoms with E-state index in [1.165, 1.54) is 0 Å². The standard InChI is InChI=1S/C13H21NO3Si/c1-15-18(16-2,17-3)10-9-13(14)11-12-7-5-4-6-8-12/h4-8,11H,9-10,14H2,1-3H3. The van der Waals surface area contributed by atoms with Gasteiger partial charge < -0.3 is 19.0 Å². The van der Waals surface area contributed by atoms with Crippen molar-refractivity contribution in [2.24, 2.45) is 5.73 Å². The first-order valence-corrected chi connectivity index (χ1v) is 7.75. The van der Waals surface area contributed by atoms with E-state index in [9.17, 15) is 0 Å². The molecule has 0 aliphatic rings. The van der Waals surface area contributed by atoms with Crippen LogP contribution in [-0.2, 0) is 13.3 Å². The highest BCUT2D eigenvalue weighted by atomic mass is 28.4. The zero-order chi connectivity index (χ0) is 13.4. The van der Waals surface area contributed by atoms with Gasteiger partial charge >= 0.3 is 8.80 Å². The molecule has 0 heterocycles. The third kappa shape index (κ3) is 4.27. The molecular formula is C13H21NO3Si. The second-order valence-electron chi connectivity index (χ2n) is 3.93. The van der Waals surface area contributed by atoms with Crippen LogP contribution >= 0.6 is 0 Å². The highest BCUT2D eigenvalue weighted by molar-refractivity contribution is 6.60. The van der Waals surface area contributed by atoms with Crippen molar-refractivity contribution in [2.75, 3.05) is 21.3 Å². The molecule has 0 amide bonds. The zero-order valence-corrected chi connectivity index (χ0v) is 12.2. The largest absolute Gasteiger partial charge is 0.500 e. The molecule has 0 saturated carbocycles. The quantitative estimate of drug-likeness (QED) is 0.770. The molecule has 0 saturated heterocycles. The summed E-state index contributed by atoms with van der Waals surface area (Å²) in [5, 5.41) is 0. The minimum absolute atomic E-state index is 0.672. The average Bonchev–Trinajstić information content (AvgIpc) is 2.42. The maximum absolute atomic E-state index is 5.99. The summed E-state index contributed by atoms with van der Waals surface area (Å²) >= 11 is 0. The molecule has 0 bridgehead atoms. The third-order valence-electron chi connectivity index (χ3n) is 2.80. The third-order valence-corrected chi connectivity index (χ3v) is 5.53. The van der Waals surface area contributed by atoms with Gasteiger partial charge in [0.15, 0.2) is 0 Å². The van der Waals surface area contributed by atoms with E-state index in [2.05, 4.69) is 0 Å². The van der Waals surface area contributed by atoms with Crippen LogP contribution in [0.5, 0.6) is 0 Å².